The molecule has 0 saturated carbocycles. The number of hydrogen-bond donors (Lipinski definition) is 1. The summed E-state index contributed by atoms with van der Waals surface area (Å²) in [5, 5.41) is 4.59. The van der Waals surface area contributed by atoms with Gasteiger partial charge in [-0.1, -0.05) is 17.7 Å². The molecule has 2 aromatic heterocycles. The molecule has 1 amide bonds. The lowest BCUT2D eigenvalue weighted by Crippen LogP contribution is -2.42. The fraction of sp³-hybridized carbons (Fsp3) is 0.350. The van der Waals surface area contributed by atoms with Crippen LogP contribution in [0.4, 0.5) is 0 Å². The number of ether oxygens (including phenoxy) is 1. The van der Waals surface area contributed by atoms with Gasteiger partial charge in [0.05, 0.1) is 17.3 Å². The van der Waals surface area contributed by atoms with Crippen molar-refractivity contribution in [3.63, 3.8) is 0 Å². The highest BCUT2D eigenvalue weighted by Crippen LogP contribution is 2.17. The Morgan fingerprint density at radius 1 is 1.25 bits per heavy atom. The second-order valence-electron chi connectivity index (χ2n) is 6.92. The van der Waals surface area contributed by atoms with Gasteiger partial charge in [0.2, 0.25) is 5.91 Å². The predicted octanol–water partition coefficient (Wildman–Crippen LogP) is 1.82. The molecule has 1 atom stereocenters. The average Bonchev–Trinajstić information content (AvgIpc) is 3.37. The molecule has 1 aliphatic heterocycles. The van der Waals surface area contributed by atoms with E-state index >= 15 is 0 Å². The Morgan fingerprint density at radius 3 is 2.75 bits per heavy atom. The van der Waals surface area contributed by atoms with Gasteiger partial charge in [0.15, 0.2) is 0 Å². The van der Waals surface area contributed by atoms with E-state index in [9.17, 15) is 14.4 Å². The molecule has 3 heterocycles. The number of hydrogen-bond acceptors (Lipinski definition) is 5. The van der Waals surface area contributed by atoms with Gasteiger partial charge in [-0.05, 0) is 43.3 Å². The summed E-state index contributed by atoms with van der Waals surface area (Å²) in [5.41, 5.74) is 1.12. The van der Waals surface area contributed by atoms with Crippen LogP contribution < -0.4 is 16.6 Å². The number of amides is 1. The zero-order chi connectivity index (χ0) is 19.7. The molecule has 8 heteroatoms. The Hall–Kier alpha value is -2.71. The first kappa shape index (κ1) is 18.6. The molecule has 0 radical (unpaired) electrons. The lowest BCUT2D eigenvalue weighted by atomic mass is 10.2. The summed E-state index contributed by atoms with van der Waals surface area (Å²) in [5.74, 6) is -0.279. The lowest BCUT2D eigenvalue weighted by Gasteiger charge is -2.14. The van der Waals surface area contributed by atoms with E-state index in [1.807, 2.05) is 19.1 Å². The van der Waals surface area contributed by atoms with Crippen LogP contribution in [-0.4, -0.2) is 34.3 Å². The highest BCUT2D eigenvalue weighted by molar-refractivity contribution is 7.17. The Morgan fingerprint density at radius 2 is 2.04 bits per heavy atom. The molecule has 1 fully saturated rings. The van der Waals surface area contributed by atoms with E-state index in [4.69, 9.17) is 4.74 Å². The molecule has 1 aromatic carbocycles. The van der Waals surface area contributed by atoms with Crippen LogP contribution in [0, 0.1) is 6.92 Å². The number of aromatic nitrogens is 2. The minimum atomic E-state index is -0.521. The second kappa shape index (κ2) is 7.73. The summed E-state index contributed by atoms with van der Waals surface area (Å²) >= 11 is 1.26. The van der Waals surface area contributed by atoms with E-state index < -0.39 is 5.69 Å². The molecule has 4 rings (SSSR count). The monoisotopic (exact) mass is 399 g/mol. The summed E-state index contributed by atoms with van der Waals surface area (Å²) in [7, 11) is 0. The highest BCUT2D eigenvalue weighted by atomic mass is 32.1. The number of aryl methyl sites for hydroxylation is 1. The molecule has 0 spiro atoms. The molecule has 7 nitrogen and oxygen atoms in total. The molecule has 1 aliphatic rings. The molecule has 0 unspecified atom stereocenters. The Balaban J connectivity index is 1.70. The lowest BCUT2D eigenvalue weighted by molar-refractivity contribution is -0.122. The summed E-state index contributed by atoms with van der Waals surface area (Å²) < 4.78 is 8.45. The van der Waals surface area contributed by atoms with E-state index in [1.165, 1.54) is 15.9 Å². The second-order valence-corrected chi connectivity index (χ2v) is 7.84. The fourth-order valence-electron chi connectivity index (χ4n) is 3.39. The maximum absolute atomic E-state index is 13.1. The van der Waals surface area contributed by atoms with Crippen molar-refractivity contribution in [2.45, 2.75) is 32.4 Å². The van der Waals surface area contributed by atoms with Crippen LogP contribution in [0.1, 0.15) is 18.4 Å². The number of thiophene rings is 1. The first-order valence-electron chi connectivity index (χ1n) is 9.23. The molecular weight excluding hydrogens is 378 g/mol. The topological polar surface area (TPSA) is 82.3 Å². The number of carbonyl (C=O) groups excluding carboxylic acids is 1. The third-order valence-electron chi connectivity index (χ3n) is 4.90. The normalized spacial score (nSPS) is 16.5. The molecule has 1 N–H and O–H groups in total. The van der Waals surface area contributed by atoms with E-state index in [-0.39, 0.29) is 24.1 Å². The Labute approximate surface area is 165 Å². The summed E-state index contributed by atoms with van der Waals surface area (Å²) in [6.07, 6.45) is 1.95. The van der Waals surface area contributed by atoms with Gasteiger partial charge in [-0.15, -0.1) is 11.3 Å². The summed E-state index contributed by atoms with van der Waals surface area (Å²) in [6, 6.07) is 8.87. The van der Waals surface area contributed by atoms with E-state index in [1.54, 1.807) is 23.6 Å². The first-order valence-corrected chi connectivity index (χ1v) is 10.1. The van der Waals surface area contributed by atoms with Crippen molar-refractivity contribution in [2.75, 3.05) is 13.2 Å². The van der Waals surface area contributed by atoms with Gasteiger partial charge in [0, 0.05) is 13.2 Å². The molecule has 146 valence electrons. The number of rotatable bonds is 5. The van der Waals surface area contributed by atoms with Gasteiger partial charge in [0.1, 0.15) is 11.2 Å². The number of benzene rings is 1. The maximum Gasteiger partial charge on any atom is 0.336 e. The molecule has 0 aliphatic carbocycles. The van der Waals surface area contributed by atoms with Crippen LogP contribution >= 0.6 is 11.3 Å². The van der Waals surface area contributed by atoms with E-state index in [0.717, 1.165) is 29.6 Å². The van der Waals surface area contributed by atoms with Gasteiger partial charge in [-0.2, -0.15) is 0 Å². The molecule has 1 saturated heterocycles. The SMILES string of the molecule is Cc1ccc(-n2c(=O)c3sccc3n(CC(=O)NC[C@H]3CCCO3)c2=O)cc1. The Bertz CT molecular complexity index is 1120. The fourth-order valence-corrected chi connectivity index (χ4v) is 4.22. The van der Waals surface area contributed by atoms with Crippen molar-refractivity contribution < 1.29 is 9.53 Å². The number of carbonyl (C=O) groups is 1. The number of fused-ring (bicyclic) bond motifs is 1. The van der Waals surface area contributed by atoms with Crippen LogP contribution in [-0.2, 0) is 16.1 Å². The van der Waals surface area contributed by atoms with Crippen molar-refractivity contribution in [3.05, 3.63) is 62.1 Å². The third-order valence-corrected chi connectivity index (χ3v) is 5.79. The van der Waals surface area contributed by atoms with Gasteiger partial charge in [-0.3, -0.25) is 14.2 Å². The minimum Gasteiger partial charge on any atom is -0.376 e. The van der Waals surface area contributed by atoms with Crippen LogP contribution in [0.2, 0.25) is 0 Å². The number of nitrogens with zero attached hydrogens (tertiary/aromatic N) is 2. The number of nitrogens with one attached hydrogen (secondary N) is 1. The van der Waals surface area contributed by atoms with Crippen molar-refractivity contribution in [2.24, 2.45) is 0 Å². The summed E-state index contributed by atoms with van der Waals surface area (Å²) in [4.78, 5) is 38.4. The Kier molecular flexibility index (Phi) is 5.15. The third kappa shape index (κ3) is 3.53. The van der Waals surface area contributed by atoms with Gasteiger partial charge in [0.25, 0.3) is 5.56 Å². The zero-order valence-corrected chi connectivity index (χ0v) is 16.3. The van der Waals surface area contributed by atoms with Gasteiger partial charge < -0.3 is 10.1 Å². The van der Waals surface area contributed by atoms with Crippen molar-refractivity contribution in [1.82, 2.24) is 14.5 Å². The predicted molar refractivity (Wildman–Crippen MR) is 108 cm³/mol. The first-order chi connectivity index (χ1) is 13.5. The van der Waals surface area contributed by atoms with Crippen molar-refractivity contribution in [1.29, 1.82) is 0 Å². The molecule has 28 heavy (non-hydrogen) atoms. The largest absolute Gasteiger partial charge is 0.376 e. The molecular formula is C20H21N3O4S. The van der Waals surface area contributed by atoms with Crippen molar-refractivity contribution in [3.8, 4) is 5.69 Å². The van der Waals surface area contributed by atoms with Crippen LogP contribution in [0.25, 0.3) is 15.9 Å². The molecule has 3 aromatic rings. The van der Waals surface area contributed by atoms with Gasteiger partial charge >= 0.3 is 5.69 Å². The van der Waals surface area contributed by atoms with E-state index in [0.29, 0.717) is 22.4 Å². The van der Waals surface area contributed by atoms with E-state index in [2.05, 4.69) is 5.32 Å². The van der Waals surface area contributed by atoms with Crippen LogP contribution in [0.3, 0.4) is 0 Å². The quantitative estimate of drug-likeness (QED) is 0.710. The average molecular weight is 399 g/mol. The standard InChI is InChI=1S/C20H21N3O4S/c1-13-4-6-14(7-5-13)23-19(25)18-16(8-10-28-18)22(20(23)26)12-17(24)21-11-15-3-2-9-27-15/h4-8,10,15H,2-3,9,11-12H2,1H3,(H,21,24)/t15-/m1/s1. The highest BCUT2D eigenvalue weighted by Gasteiger charge is 2.19. The maximum atomic E-state index is 13.1. The van der Waals surface area contributed by atoms with Crippen LogP contribution in [0.15, 0.2) is 45.3 Å². The van der Waals surface area contributed by atoms with Crippen LogP contribution in [0.5, 0.6) is 0 Å². The molecule has 0 bridgehead atoms. The van der Waals surface area contributed by atoms with Crippen molar-refractivity contribution >= 4 is 27.5 Å². The smallest absolute Gasteiger partial charge is 0.336 e. The van der Waals surface area contributed by atoms with Gasteiger partial charge in [-0.25, -0.2) is 9.36 Å². The summed E-state index contributed by atoms with van der Waals surface area (Å²) in [6.45, 7) is 2.94. The minimum absolute atomic E-state index is 0.0309. The zero-order valence-electron chi connectivity index (χ0n) is 15.5.